The van der Waals surface area contributed by atoms with Crippen molar-refractivity contribution < 1.29 is 28.1 Å². The van der Waals surface area contributed by atoms with Gasteiger partial charge in [0.25, 0.3) is 7.52 Å². The first-order chi connectivity index (χ1) is 16.3. The Balaban J connectivity index is 1.56. The molecule has 0 aromatic heterocycles. The maximum Gasteiger partial charge on any atom is 0.323 e. The number of hydrogen-bond acceptors (Lipinski definition) is 11. The molecule has 0 amide bonds. The number of aliphatic imine (C=N–C) groups is 3. The number of nitrogens with one attached hydrogen (secondary N) is 1. The summed E-state index contributed by atoms with van der Waals surface area (Å²) in [5.74, 6) is -0.00710. The molecule has 186 valence electrons. The molecule has 12 nitrogen and oxygen atoms in total. The molecule has 0 spiro atoms. The summed E-state index contributed by atoms with van der Waals surface area (Å²) in [6, 6.07) is 8.12. The molecule has 1 aromatic rings. The van der Waals surface area contributed by atoms with E-state index < -0.39 is 19.5 Å². The topological polar surface area (TPSA) is 149 Å². The normalized spacial score (nSPS) is 21.8. The van der Waals surface area contributed by atoms with E-state index in [-0.39, 0.29) is 44.3 Å². The Bertz CT molecular complexity index is 972. The molecule has 13 heteroatoms. The van der Waals surface area contributed by atoms with Crippen LogP contribution in [0, 0.1) is 0 Å². The summed E-state index contributed by atoms with van der Waals surface area (Å²) >= 11 is 0. The summed E-state index contributed by atoms with van der Waals surface area (Å²) in [6.07, 6.45) is 1.03. The number of esters is 1. The number of nitrogens with two attached hydrogens (primary N) is 1. The number of fused-ring (bicyclic) bond motifs is 1. The van der Waals surface area contributed by atoms with Crippen LogP contribution in [0.5, 0.6) is 0 Å². The Morgan fingerprint density at radius 2 is 2.09 bits per heavy atom. The summed E-state index contributed by atoms with van der Waals surface area (Å²) in [4.78, 5) is 26.6. The molecule has 3 N–H and O–H groups in total. The Morgan fingerprint density at radius 3 is 2.79 bits per heavy atom. The molecule has 4 atom stereocenters. The number of rotatable bonds is 12. The number of hydrogen-bond donors (Lipinski definition) is 2. The molecule has 2 aliphatic rings. The minimum absolute atomic E-state index is 0.0969. The first-order valence-electron chi connectivity index (χ1n) is 10.9. The van der Waals surface area contributed by atoms with Crippen molar-refractivity contribution in [3.05, 3.63) is 35.9 Å². The largest absolute Gasteiger partial charge is 0.482 e. The number of benzene rings is 1. The van der Waals surface area contributed by atoms with Gasteiger partial charge in [-0.05, 0) is 19.4 Å². The maximum absolute atomic E-state index is 13.5. The van der Waals surface area contributed by atoms with Crippen LogP contribution in [-0.2, 0) is 34.7 Å². The zero-order valence-corrected chi connectivity index (χ0v) is 20.4. The molecule has 2 aliphatic heterocycles. The Labute approximate surface area is 198 Å². The lowest BCUT2D eigenvalue weighted by Gasteiger charge is -2.27. The van der Waals surface area contributed by atoms with Gasteiger partial charge in [-0.2, -0.15) is 4.99 Å². The standard InChI is InChI=1S/C21H31N6O6P/c1-4-32-20(28)15(2)26-34(29,33-12-16-8-6-5-7-9-16)14-31-11-10-27-13-23-17-18(27)24-21(22)25-19(17)30-3/h5-9,13,15,17-18H,4,10-12,14H2,1-3H3,(H2,22,24)(H,26,29)/t15-,17?,18?,34?/m0/s1. The molecule has 3 unspecified atom stereocenters. The van der Waals surface area contributed by atoms with Crippen LogP contribution in [0.15, 0.2) is 45.3 Å². The summed E-state index contributed by atoms with van der Waals surface area (Å²) in [5.41, 5.74) is 6.62. The highest BCUT2D eigenvalue weighted by atomic mass is 31.2. The molecule has 0 fully saturated rings. The summed E-state index contributed by atoms with van der Waals surface area (Å²) < 4.78 is 35.1. The number of ether oxygens (including phenoxy) is 3. The van der Waals surface area contributed by atoms with Gasteiger partial charge in [-0.25, -0.2) is 10.1 Å². The van der Waals surface area contributed by atoms with Crippen molar-refractivity contribution in [1.82, 2.24) is 9.99 Å². The highest BCUT2D eigenvalue weighted by molar-refractivity contribution is 7.56. The van der Waals surface area contributed by atoms with Gasteiger partial charge in [-0.3, -0.25) is 14.4 Å². The van der Waals surface area contributed by atoms with Crippen molar-refractivity contribution in [1.29, 1.82) is 0 Å². The minimum Gasteiger partial charge on any atom is -0.482 e. The third-order valence-electron chi connectivity index (χ3n) is 5.02. The minimum atomic E-state index is -3.55. The molecule has 0 saturated heterocycles. The molecular weight excluding hydrogens is 463 g/mol. The highest BCUT2D eigenvalue weighted by Gasteiger charge is 2.38. The lowest BCUT2D eigenvalue weighted by Crippen LogP contribution is -2.45. The summed E-state index contributed by atoms with van der Waals surface area (Å²) in [6.45, 7) is 4.20. The van der Waals surface area contributed by atoms with Crippen LogP contribution in [0.25, 0.3) is 0 Å². The lowest BCUT2D eigenvalue weighted by atomic mass is 10.2. The quantitative estimate of drug-likeness (QED) is 0.249. The van der Waals surface area contributed by atoms with E-state index in [1.54, 1.807) is 20.2 Å². The smallest absolute Gasteiger partial charge is 0.323 e. The zero-order chi connectivity index (χ0) is 24.6. The fourth-order valence-electron chi connectivity index (χ4n) is 3.35. The van der Waals surface area contributed by atoms with E-state index in [2.05, 4.69) is 20.1 Å². The van der Waals surface area contributed by atoms with Gasteiger partial charge in [0, 0.05) is 6.54 Å². The van der Waals surface area contributed by atoms with Gasteiger partial charge in [-0.15, -0.1) is 0 Å². The summed E-state index contributed by atoms with van der Waals surface area (Å²) in [7, 11) is -2.04. The molecule has 3 rings (SSSR count). The SMILES string of the molecule is CCOC(=O)[C@H](C)NP(=O)(COCCN1C=NC2C(OC)=NC(N)=NC21)OCc1ccccc1. The fraction of sp³-hybridized carbons (Fsp3) is 0.524. The number of carbonyl (C=O) groups excluding carboxylic acids is 1. The van der Waals surface area contributed by atoms with Crippen LogP contribution in [0.1, 0.15) is 19.4 Å². The van der Waals surface area contributed by atoms with Gasteiger partial charge in [0.15, 0.2) is 12.2 Å². The van der Waals surface area contributed by atoms with Crippen molar-refractivity contribution in [2.45, 2.75) is 38.7 Å². The predicted molar refractivity (Wildman–Crippen MR) is 128 cm³/mol. The molecule has 2 heterocycles. The molecule has 34 heavy (non-hydrogen) atoms. The van der Waals surface area contributed by atoms with Crippen molar-refractivity contribution in [2.24, 2.45) is 20.7 Å². The second-order valence-corrected chi connectivity index (χ2v) is 9.70. The third kappa shape index (κ3) is 6.86. The van der Waals surface area contributed by atoms with Gasteiger partial charge in [-0.1, -0.05) is 30.3 Å². The van der Waals surface area contributed by atoms with Gasteiger partial charge < -0.3 is 29.4 Å². The number of methoxy groups -OCH3 is 1. The Kier molecular flexibility index (Phi) is 9.17. The number of nitrogens with zero attached hydrogens (tertiary/aromatic N) is 4. The average Bonchev–Trinajstić information content (AvgIpc) is 3.23. The second kappa shape index (κ2) is 12.1. The van der Waals surface area contributed by atoms with E-state index >= 15 is 0 Å². The van der Waals surface area contributed by atoms with E-state index in [9.17, 15) is 9.36 Å². The van der Waals surface area contributed by atoms with E-state index in [0.29, 0.717) is 12.4 Å². The van der Waals surface area contributed by atoms with E-state index in [1.807, 2.05) is 35.2 Å². The molecule has 1 aromatic carbocycles. The van der Waals surface area contributed by atoms with Crippen molar-refractivity contribution >= 4 is 31.7 Å². The molecular formula is C21H31N6O6P. The van der Waals surface area contributed by atoms with Crippen LogP contribution in [0.2, 0.25) is 0 Å². The van der Waals surface area contributed by atoms with E-state index in [0.717, 1.165) is 5.56 Å². The first-order valence-corrected chi connectivity index (χ1v) is 12.7. The average molecular weight is 494 g/mol. The monoisotopic (exact) mass is 494 g/mol. The zero-order valence-electron chi connectivity index (χ0n) is 19.5. The van der Waals surface area contributed by atoms with Crippen molar-refractivity contribution in [3.63, 3.8) is 0 Å². The highest BCUT2D eigenvalue weighted by Crippen LogP contribution is 2.44. The molecule has 0 aliphatic carbocycles. The summed E-state index contributed by atoms with van der Waals surface area (Å²) in [5, 5.41) is 2.76. The van der Waals surface area contributed by atoms with Crippen LogP contribution < -0.4 is 10.8 Å². The van der Waals surface area contributed by atoms with Crippen molar-refractivity contribution in [3.8, 4) is 0 Å². The maximum atomic E-state index is 13.5. The van der Waals surface area contributed by atoms with Crippen LogP contribution >= 0.6 is 7.52 Å². The Hall–Kier alpha value is -2.79. The predicted octanol–water partition coefficient (Wildman–Crippen LogP) is 1.32. The van der Waals surface area contributed by atoms with Gasteiger partial charge >= 0.3 is 5.97 Å². The first kappa shape index (κ1) is 25.8. The molecule has 0 saturated carbocycles. The lowest BCUT2D eigenvalue weighted by molar-refractivity contribution is -0.144. The van der Waals surface area contributed by atoms with E-state index in [1.165, 1.54) is 7.11 Å². The molecule has 0 bridgehead atoms. The van der Waals surface area contributed by atoms with Gasteiger partial charge in [0.2, 0.25) is 11.9 Å². The fourth-order valence-corrected chi connectivity index (χ4v) is 5.00. The van der Waals surface area contributed by atoms with Gasteiger partial charge in [0.05, 0.1) is 33.3 Å². The number of carbonyl (C=O) groups is 1. The van der Waals surface area contributed by atoms with Crippen LogP contribution in [0.3, 0.4) is 0 Å². The third-order valence-corrected chi connectivity index (χ3v) is 6.87. The molecule has 0 radical (unpaired) electrons. The van der Waals surface area contributed by atoms with Gasteiger partial charge in [0.1, 0.15) is 12.4 Å². The Morgan fingerprint density at radius 1 is 1.32 bits per heavy atom. The van der Waals surface area contributed by atoms with Crippen LogP contribution in [-0.4, -0.2) is 80.5 Å². The van der Waals surface area contributed by atoms with Crippen molar-refractivity contribution in [2.75, 3.05) is 33.2 Å². The van der Waals surface area contributed by atoms with E-state index in [4.69, 9.17) is 24.5 Å². The number of guanidine groups is 1. The van der Waals surface area contributed by atoms with Crippen LogP contribution in [0.4, 0.5) is 0 Å². The second-order valence-electron chi connectivity index (χ2n) is 7.57.